The zero-order chi connectivity index (χ0) is 17.6. The van der Waals surface area contributed by atoms with Crippen molar-refractivity contribution in [2.45, 2.75) is 12.8 Å². The third-order valence-electron chi connectivity index (χ3n) is 4.52. The van der Waals surface area contributed by atoms with Crippen molar-refractivity contribution in [3.05, 3.63) is 64.7 Å². The smallest absolute Gasteiger partial charge is 0.223 e. The van der Waals surface area contributed by atoms with Gasteiger partial charge in [0.1, 0.15) is 0 Å². The lowest BCUT2D eigenvalue weighted by atomic mass is 10.1. The van der Waals surface area contributed by atoms with E-state index in [1.807, 2.05) is 41.3 Å². The van der Waals surface area contributed by atoms with Crippen LogP contribution in [0, 0.1) is 11.3 Å². The van der Waals surface area contributed by atoms with E-state index in [1.54, 1.807) is 12.1 Å². The van der Waals surface area contributed by atoms with Crippen LogP contribution >= 0.6 is 11.6 Å². The van der Waals surface area contributed by atoms with Crippen LogP contribution in [-0.4, -0.2) is 37.0 Å². The Kier molecular flexibility index (Phi) is 5.57. The van der Waals surface area contributed by atoms with Crippen LogP contribution in [-0.2, 0) is 11.2 Å². The van der Waals surface area contributed by atoms with Crippen LogP contribution in [0.3, 0.4) is 0 Å². The van der Waals surface area contributed by atoms with Crippen LogP contribution in [0.25, 0.3) is 0 Å². The average molecular weight is 354 g/mol. The number of hydrogen-bond donors (Lipinski definition) is 0. The maximum Gasteiger partial charge on any atom is 0.223 e. The van der Waals surface area contributed by atoms with Gasteiger partial charge in [-0.2, -0.15) is 5.26 Å². The van der Waals surface area contributed by atoms with E-state index in [2.05, 4.69) is 11.0 Å². The van der Waals surface area contributed by atoms with Crippen LogP contribution in [0.5, 0.6) is 0 Å². The van der Waals surface area contributed by atoms with Gasteiger partial charge in [-0.15, -0.1) is 0 Å². The fraction of sp³-hybridized carbons (Fsp3) is 0.300. The van der Waals surface area contributed by atoms with Gasteiger partial charge in [0, 0.05) is 43.3 Å². The fourth-order valence-corrected chi connectivity index (χ4v) is 3.23. The standard InChI is InChI=1S/C20H20ClN3O/c21-18-2-1-3-19(14-18)23-10-12-24(13-11-23)20(25)9-8-16-4-6-17(15-22)7-5-16/h1-7,14H,8-13H2. The van der Waals surface area contributed by atoms with Crippen molar-refractivity contribution >= 4 is 23.2 Å². The molecule has 0 unspecified atom stereocenters. The number of rotatable bonds is 4. The highest BCUT2D eigenvalue weighted by atomic mass is 35.5. The predicted octanol–water partition coefficient (Wildman–Crippen LogP) is 3.49. The molecule has 0 aromatic heterocycles. The van der Waals surface area contributed by atoms with Crippen molar-refractivity contribution < 1.29 is 4.79 Å². The summed E-state index contributed by atoms with van der Waals surface area (Å²) in [5, 5.41) is 9.55. The summed E-state index contributed by atoms with van der Waals surface area (Å²) in [5.41, 5.74) is 2.84. The van der Waals surface area contributed by atoms with Crippen molar-refractivity contribution in [1.29, 1.82) is 5.26 Å². The van der Waals surface area contributed by atoms with E-state index in [9.17, 15) is 4.79 Å². The van der Waals surface area contributed by atoms with E-state index in [0.717, 1.165) is 42.5 Å². The molecule has 25 heavy (non-hydrogen) atoms. The van der Waals surface area contributed by atoms with Crippen molar-refractivity contribution in [3.63, 3.8) is 0 Å². The summed E-state index contributed by atoms with van der Waals surface area (Å²) >= 11 is 6.05. The lowest BCUT2D eigenvalue weighted by Crippen LogP contribution is -2.48. The number of amides is 1. The molecule has 0 N–H and O–H groups in total. The SMILES string of the molecule is N#Cc1ccc(CCC(=O)N2CCN(c3cccc(Cl)c3)CC2)cc1. The summed E-state index contributed by atoms with van der Waals surface area (Å²) < 4.78 is 0. The zero-order valence-corrected chi connectivity index (χ0v) is 14.7. The highest BCUT2D eigenvalue weighted by Crippen LogP contribution is 2.21. The Bertz CT molecular complexity index is 774. The highest BCUT2D eigenvalue weighted by molar-refractivity contribution is 6.30. The summed E-state index contributed by atoms with van der Waals surface area (Å²) in [6.07, 6.45) is 1.21. The van der Waals surface area contributed by atoms with Crippen LogP contribution in [0.1, 0.15) is 17.5 Å². The Morgan fingerprint density at radius 1 is 1.08 bits per heavy atom. The molecule has 0 radical (unpaired) electrons. The van der Waals surface area contributed by atoms with Gasteiger partial charge in [-0.25, -0.2) is 0 Å². The van der Waals surface area contributed by atoms with Gasteiger partial charge < -0.3 is 9.80 Å². The molecular formula is C20H20ClN3O. The van der Waals surface area contributed by atoms with Gasteiger partial charge in [-0.05, 0) is 42.3 Å². The molecule has 1 heterocycles. The van der Waals surface area contributed by atoms with E-state index >= 15 is 0 Å². The molecule has 2 aromatic carbocycles. The Morgan fingerprint density at radius 3 is 2.44 bits per heavy atom. The van der Waals surface area contributed by atoms with Crippen LogP contribution in [0.4, 0.5) is 5.69 Å². The Hall–Kier alpha value is -2.51. The highest BCUT2D eigenvalue weighted by Gasteiger charge is 2.21. The first-order chi connectivity index (χ1) is 12.2. The number of nitriles is 1. The predicted molar refractivity (Wildman–Crippen MR) is 99.7 cm³/mol. The second-order valence-corrected chi connectivity index (χ2v) is 6.59. The number of anilines is 1. The third kappa shape index (κ3) is 4.52. The molecule has 1 aliphatic heterocycles. The van der Waals surface area contributed by atoms with Gasteiger partial charge in [-0.3, -0.25) is 4.79 Å². The largest absolute Gasteiger partial charge is 0.368 e. The number of hydrogen-bond acceptors (Lipinski definition) is 3. The number of nitrogens with zero attached hydrogens (tertiary/aromatic N) is 3. The molecular weight excluding hydrogens is 334 g/mol. The first kappa shape index (κ1) is 17.3. The summed E-state index contributed by atoms with van der Waals surface area (Å²) in [7, 11) is 0. The second kappa shape index (κ2) is 8.04. The molecule has 0 spiro atoms. The molecule has 2 aromatic rings. The number of halogens is 1. The molecule has 1 saturated heterocycles. The van der Waals surface area contributed by atoms with E-state index in [1.165, 1.54) is 0 Å². The van der Waals surface area contributed by atoms with Crippen molar-refractivity contribution in [2.24, 2.45) is 0 Å². The Balaban J connectivity index is 1.49. The topological polar surface area (TPSA) is 47.3 Å². The minimum Gasteiger partial charge on any atom is -0.368 e. The normalized spacial score (nSPS) is 14.2. The molecule has 5 heteroatoms. The number of carbonyl (C=O) groups is 1. The number of aryl methyl sites for hydroxylation is 1. The van der Waals surface area contributed by atoms with E-state index in [4.69, 9.17) is 16.9 Å². The molecule has 0 aliphatic carbocycles. The maximum absolute atomic E-state index is 12.4. The average Bonchev–Trinajstić information content (AvgIpc) is 2.66. The molecule has 128 valence electrons. The van der Waals surface area contributed by atoms with Gasteiger partial charge >= 0.3 is 0 Å². The number of piperazine rings is 1. The minimum atomic E-state index is 0.190. The minimum absolute atomic E-state index is 0.190. The first-order valence-electron chi connectivity index (χ1n) is 8.43. The molecule has 0 saturated carbocycles. The van der Waals surface area contributed by atoms with E-state index in [-0.39, 0.29) is 5.91 Å². The lowest BCUT2D eigenvalue weighted by molar-refractivity contribution is -0.131. The van der Waals surface area contributed by atoms with Gasteiger partial charge in [0.15, 0.2) is 0 Å². The van der Waals surface area contributed by atoms with Gasteiger partial charge in [-0.1, -0.05) is 29.8 Å². The van der Waals surface area contributed by atoms with Crippen molar-refractivity contribution in [1.82, 2.24) is 4.90 Å². The van der Waals surface area contributed by atoms with Crippen molar-refractivity contribution in [3.8, 4) is 6.07 Å². The summed E-state index contributed by atoms with van der Waals surface area (Å²) in [5.74, 6) is 0.190. The number of carbonyl (C=O) groups excluding carboxylic acids is 1. The molecule has 1 amide bonds. The van der Waals surface area contributed by atoms with Crippen molar-refractivity contribution in [2.75, 3.05) is 31.1 Å². The molecule has 0 atom stereocenters. The van der Waals surface area contributed by atoms with Gasteiger partial charge in [0.05, 0.1) is 11.6 Å². The van der Waals surface area contributed by atoms with E-state index in [0.29, 0.717) is 18.4 Å². The Morgan fingerprint density at radius 2 is 1.80 bits per heavy atom. The Labute approximate surface area is 153 Å². The summed E-state index contributed by atoms with van der Waals surface area (Å²) in [6, 6.07) is 17.4. The summed E-state index contributed by atoms with van der Waals surface area (Å²) in [6.45, 7) is 3.11. The molecule has 0 bridgehead atoms. The molecule has 3 rings (SSSR count). The molecule has 4 nitrogen and oxygen atoms in total. The molecule has 1 aliphatic rings. The maximum atomic E-state index is 12.4. The van der Waals surface area contributed by atoms with E-state index < -0.39 is 0 Å². The second-order valence-electron chi connectivity index (χ2n) is 6.16. The third-order valence-corrected chi connectivity index (χ3v) is 4.75. The van der Waals surface area contributed by atoms with Gasteiger partial charge in [0.25, 0.3) is 0 Å². The number of benzene rings is 2. The van der Waals surface area contributed by atoms with Gasteiger partial charge in [0.2, 0.25) is 5.91 Å². The fourth-order valence-electron chi connectivity index (χ4n) is 3.04. The summed E-state index contributed by atoms with van der Waals surface area (Å²) in [4.78, 5) is 16.6. The van der Waals surface area contributed by atoms with Crippen LogP contribution in [0.2, 0.25) is 5.02 Å². The zero-order valence-electron chi connectivity index (χ0n) is 14.0. The monoisotopic (exact) mass is 353 g/mol. The lowest BCUT2D eigenvalue weighted by Gasteiger charge is -2.36. The molecule has 1 fully saturated rings. The quantitative estimate of drug-likeness (QED) is 0.845. The first-order valence-corrected chi connectivity index (χ1v) is 8.81. The van der Waals surface area contributed by atoms with Crippen LogP contribution in [0.15, 0.2) is 48.5 Å². The van der Waals surface area contributed by atoms with Crippen LogP contribution < -0.4 is 4.90 Å².